The number of ketones is 1. The highest BCUT2D eigenvalue weighted by Crippen LogP contribution is 2.51. The predicted molar refractivity (Wildman–Crippen MR) is 75.9 cm³/mol. The van der Waals surface area contributed by atoms with Crippen LogP contribution in [0.2, 0.25) is 0 Å². The third-order valence-electron chi connectivity index (χ3n) is 4.19. The third kappa shape index (κ3) is 2.50. The number of nitrogens with two attached hydrogens (primary N) is 1. The lowest BCUT2D eigenvalue weighted by Gasteiger charge is -2.21. The third-order valence-corrected chi connectivity index (χ3v) is 4.19. The molecule has 0 aromatic heterocycles. The monoisotopic (exact) mass is 246 g/mol. The molecule has 0 heterocycles. The normalized spacial score (nSPS) is 16.7. The lowest BCUT2D eigenvalue weighted by atomic mass is 9.92. The Morgan fingerprint density at radius 1 is 1.44 bits per heavy atom. The summed E-state index contributed by atoms with van der Waals surface area (Å²) in [4.78, 5) is 11.3. The molecule has 0 atom stereocenters. The molecule has 0 bridgehead atoms. The summed E-state index contributed by atoms with van der Waals surface area (Å²) in [6, 6.07) is 5.59. The molecular formula is C15H22N2O. The molecule has 1 aliphatic carbocycles. The van der Waals surface area contributed by atoms with Crippen LogP contribution in [0, 0.1) is 11.3 Å². The van der Waals surface area contributed by atoms with Gasteiger partial charge in [0.1, 0.15) is 0 Å². The number of hydrogen-bond acceptors (Lipinski definition) is 3. The molecule has 1 aromatic carbocycles. The molecule has 0 saturated heterocycles. The zero-order chi connectivity index (χ0) is 13.3. The maximum Gasteiger partial charge on any atom is 0.161 e. The van der Waals surface area contributed by atoms with Gasteiger partial charge in [-0.3, -0.25) is 4.79 Å². The number of benzene rings is 1. The Morgan fingerprint density at radius 3 is 2.56 bits per heavy atom. The Bertz CT molecular complexity index is 462. The fourth-order valence-corrected chi connectivity index (χ4v) is 2.39. The summed E-state index contributed by atoms with van der Waals surface area (Å²) < 4.78 is 0. The van der Waals surface area contributed by atoms with Gasteiger partial charge in [0.25, 0.3) is 0 Å². The van der Waals surface area contributed by atoms with Gasteiger partial charge in [0, 0.05) is 23.5 Å². The van der Waals surface area contributed by atoms with E-state index in [1.54, 1.807) is 6.07 Å². The Morgan fingerprint density at radius 2 is 2.11 bits per heavy atom. The Balaban J connectivity index is 2.03. The first kappa shape index (κ1) is 12.9. The van der Waals surface area contributed by atoms with Crippen LogP contribution in [-0.2, 0) is 0 Å². The second kappa shape index (κ2) is 4.63. The van der Waals surface area contributed by atoms with E-state index in [0.717, 1.165) is 12.2 Å². The highest BCUT2D eigenvalue weighted by molar-refractivity contribution is 5.99. The van der Waals surface area contributed by atoms with Crippen molar-refractivity contribution in [3.8, 4) is 0 Å². The number of Topliss-reactive ketones (excluding diaryl/α,β-unsaturated/α-hetero) is 1. The Hall–Kier alpha value is -1.51. The van der Waals surface area contributed by atoms with Gasteiger partial charge < -0.3 is 11.1 Å². The lowest BCUT2D eigenvalue weighted by Crippen LogP contribution is -2.21. The van der Waals surface area contributed by atoms with Crippen LogP contribution in [-0.4, -0.2) is 12.3 Å². The minimum atomic E-state index is 0.0138. The molecule has 1 fully saturated rings. The number of rotatable bonds is 5. The van der Waals surface area contributed by atoms with Gasteiger partial charge in [-0.1, -0.05) is 13.8 Å². The van der Waals surface area contributed by atoms with Crippen molar-refractivity contribution in [2.24, 2.45) is 11.3 Å². The molecule has 2 rings (SSSR count). The Labute approximate surface area is 109 Å². The summed E-state index contributed by atoms with van der Waals surface area (Å²) in [5.74, 6) is 0.721. The standard InChI is InChI=1S/C15H22N2O/c1-10(2)15(6-7-15)9-17-12-4-5-13(11(3)18)14(16)8-12/h4-5,8,10,17H,6-7,9,16H2,1-3H3. The maximum atomic E-state index is 11.3. The van der Waals surface area contributed by atoms with E-state index in [-0.39, 0.29) is 5.78 Å². The van der Waals surface area contributed by atoms with E-state index in [1.165, 1.54) is 19.8 Å². The van der Waals surface area contributed by atoms with Crippen LogP contribution >= 0.6 is 0 Å². The first-order valence-electron chi connectivity index (χ1n) is 6.59. The predicted octanol–water partition coefficient (Wildman–Crippen LogP) is 3.32. The van der Waals surface area contributed by atoms with Crippen molar-refractivity contribution < 1.29 is 4.79 Å². The summed E-state index contributed by atoms with van der Waals surface area (Å²) in [6.07, 6.45) is 2.61. The van der Waals surface area contributed by atoms with E-state index in [9.17, 15) is 4.79 Å². The zero-order valence-electron chi connectivity index (χ0n) is 11.4. The van der Waals surface area contributed by atoms with Gasteiger partial charge in [0.15, 0.2) is 5.78 Å². The smallest absolute Gasteiger partial charge is 0.161 e. The first-order chi connectivity index (χ1) is 8.44. The van der Waals surface area contributed by atoms with Crippen molar-refractivity contribution in [1.29, 1.82) is 0 Å². The fraction of sp³-hybridized carbons (Fsp3) is 0.533. The maximum absolute atomic E-state index is 11.3. The molecule has 0 radical (unpaired) electrons. The average Bonchev–Trinajstić information content (AvgIpc) is 3.07. The summed E-state index contributed by atoms with van der Waals surface area (Å²) >= 11 is 0. The number of hydrogen-bond donors (Lipinski definition) is 2. The van der Waals surface area contributed by atoms with E-state index < -0.39 is 0 Å². The zero-order valence-corrected chi connectivity index (χ0v) is 11.4. The topological polar surface area (TPSA) is 55.1 Å². The molecule has 1 aromatic rings. The summed E-state index contributed by atoms with van der Waals surface area (Å²) in [6.45, 7) is 7.09. The number of nitrogens with one attached hydrogen (secondary N) is 1. The molecule has 18 heavy (non-hydrogen) atoms. The number of carbonyl (C=O) groups is 1. The SMILES string of the molecule is CC(=O)c1ccc(NCC2(C(C)C)CC2)cc1N. The van der Waals surface area contributed by atoms with Gasteiger partial charge in [-0.2, -0.15) is 0 Å². The van der Waals surface area contributed by atoms with Crippen LogP contribution in [0.25, 0.3) is 0 Å². The van der Waals surface area contributed by atoms with E-state index in [4.69, 9.17) is 5.73 Å². The molecular weight excluding hydrogens is 224 g/mol. The molecule has 3 nitrogen and oxygen atoms in total. The fourth-order valence-electron chi connectivity index (χ4n) is 2.39. The molecule has 1 saturated carbocycles. The largest absolute Gasteiger partial charge is 0.398 e. The van der Waals surface area contributed by atoms with E-state index in [2.05, 4.69) is 19.2 Å². The molecule has 0 spiro atoms. The summed E-state index contributed by atoms with van der Waals surface area (Å²) in [5.41, 5.74) is 8.51. The number of nitrogen functional groups attached to an aromatic ring is 1. The second-order valence-corrected chi connectivity index (χ2v) is 5.73. The molecule has 98 valence electrons. The second-order valence-electron chi connectivity index (χ2n) is 5.73. The van der Waals surface area contributed by atoms with Crippen LogP contribution in [0.15, 0.2) is 18.2 Å². The molecule has 3 N–H and O–H groups in total. The average molecular weight is 246 g/mol. The molecule has 0 unspecified atom stereocenters. The quantitative estimate of drug-likeness (QED) is 0.619. The van der Waals surface area contributed by atoms with Gasteiger partial charge in [-0.05, 0) is 49.3 Å². The molecule has 3 heteroatoms. The minimum Gasteiger partial charge on any atom is -0.398 e. The van der Waals surface area contributed by atoms with Crippen molar-refractivity contribution in [1.82, 2.24) is 0 Å². The minimum absolute atomic E-state index is 0.0138. The molecule has 0 amide bonds. The lowest BCUT2D eigenvalue weighted by molar-refractivity contribution is 0.101. The van der Waals surface area contributed by atoms with Crippen LogP contribution in [0.4, 0.5) is 11.4 Å². The van der Waals surface area contributed by atoms with Gasteiger partial charge in [0.2, 0.25) is 0 Å². The van der Waals surface area contributed by atoms with E-state index in [0.29, 0.717) is 22.6 Å². The van der Waals surface area contributed by atoms with Gasteiger partial charge in [0.05, 0.1) is 0 Å². The van der Waals surface area contributed by atoms with Crippen molar-refractivity contribution in [2.75, 3.05) is 17.6 Å². The summed E-state index contributed by atoms with van der Waals surface area (Å²) in [5, 5.41) is 3.44. The van der Waals surface area contributed by atoms with Gasteiger partial charge in [-0.15, -0.1) is 0 Å². The van der Waals surface area contributed by atoms with Crippen LogP contribution in [0.5, 0.6) is 0 Å². The highest BCUT2D eigenvalue weighted by atomic mass is 16.1. The van der Waals surface area contributed by atoms with Crippen molar-refractivity contribution in [2.45, 2.75) is 33.6 Å². The number of anilines is 2. The molecule has 0 aliphatic heterocycles. The van der Waals surface area contributed by atoms with Crippen molar-refractivity contribution >= 4 is 17.2 Å². The van der Waals surface area contributed by atoms with Crippen molar-refractivity contribution in [3.63, 3.8) is 0 Å². The van der Waals surface area contributed by atoms with Crippen LogP contribution in [0.3, 0.4) is 0 Å². The molecule has 1 aliphatic rings. The van der Waals surface area contributed by atoms with E-state index in [1.807, 2.05) is 12.1 Å². The summed E-state index contributed by atoms with van der Waals surface area (Å²) in [7, 11) is 0. The highest BCUT2D eigenvalue weighted by Gasteiger charge is 2.44. The number of carbonyl (C=O) groups excluding carboxylic acids is 1. The van der Waals surface area contributed by atoms with E-state index >= 15 is 0 Å². The Kier molecular flexibility index (Phi) is 3.33. The van der Waals surface area contributed by atoms with Crippen LogP contribution < -0.4 is 11.1 Å². The first-order valence-corrected chi connectivity index (χ1v) is 6.59. The van der Waals surface area contributed by atoms with Gasteiger partial charge >= 0.3 is 0 Å². The van der Waals surface area contributed by atoms with Crippen molar-refractivity contribution in [3.05, 3.63) is 23.8 Å². The van der Waals surface area contributed by atoms with Crippen LogP contribution in [0.1, 0.15) is 44.0 Å². The van der Waals surface area contributed by atoms with Gasteiger partial charge in [-0.25, -0.2) is 0 Å².